The Morgan fingerprint density at radius 1 is 1.38 bits per heavy atom. The van der Waals surface area contributed by atoms with Gasteiger partial charge in [-0.1, -0.05) is 26.0 Å². The number of carbonyl (C=O) groups is 1. The summed E-state index contributed by atoms with van der Waals surface area (Å²) >= 11 is 0. The van der Waals surface area contributed by atoms with Crippen LogP contribution >= 0.6 is 0 Å². The lowest BCUT2D eigenvalue weighted by Gasteiger charge is -2.45. The Morgan fingerprint density at radius 3 is 3.00 bits per heavy atom. The number of hydrogen-bond donors (Lipinski definition) is 1. The summed E-state index contributed by atoms with van der Waals surface area (Å²) in [5, 5.41) is 3.10. The Morgan fingerprint density at radius 2 is 2.19 bits per heavy atom. The van der Waals surface area contributed by atoms with Gasteiger partial charge in [0.25, 0.3) is 5.91 Å². The third-order valence-electron chi connectivity index (χ3n) is 4.34. The SMILES string of the molecule is CC(C)CCN1CCCC2(C1)NC(=O)c1ccccc1O2. The molecular formula is C17H24N2O2. The molecule has 1 aromatic carbocycles. The number of likely N-dealkylation sites (tertiary alicyclic amines) is 1. The van der Waals surface area contributed by atoms with Crippen LogP contribution in [-0.4, -0.2) is 36.2 Å². The smallest absolute Gasteiger partial charge is 0.258 e. The molecule has 21 heavy (non-hydrogen) atoms. The predicted molar refractivity (Wildman–Crippen MR) is 82.4 cm³/mol. The van der Waals surface area contributed by atoms with Gasteiger partial charge in [0.2, 0.25) is 0 Å². The molecule has 3 rings (SSSR count). The zero-order valence-corrected chi connectivity index (χ0v) is 12.9. The van der Waals surface area contributed by atoms with Crippen LogP contribution in [0.3, 0.4) is 0 Å². The highest BCUT2D eigenvalue weighted by molar-refractivity contribution is 5.98. The molecule has 0 aliphatic carbocycles. The van der Waals surface area contributed by atoms with E-state index in [0.29, 0.717) is 17.2 Å². The van der Waals surface area contributed by atoms with Crippen LogP contribution in [0.5, 0.6) is 5.75 Å². The van der Waals surface area contributed by atoms with E-state index in [4.69, 9.17) is 4.74 Å². The lowest BCUT2D eigenvalue weighted by atomic mass is 9.97. The standard InChI is InChI=1S/C17H24N2O2/c1-13(2)8-11-19-10-5-9-17(12-19)18-16(20)14-6-3-4-7-15(14)21-17/h3-4,6-7,13H,5,8-12H2,1-2H3,(H,18,20). The van der Waals surface area contributed by atoms with Crippen molar-refractivity contribution in [2.45, 2.75) is 38.8 Å². The molecule has 0 saturated carbocycles. The van der Waals surface area contributed by atoms with E-state index in [1.165, 1.54) is 6.42 Å². The molecule has 1 saturated heterocycles. The Balaban J connectivity index is 1.74. The number of ether oxygens (including phenoxy) is 1. The van der Waals surface area contributed by atoms with Gasteiger partial charge in [-0.3, -0.25) is 9.69 Å². The second-order valence-electron chi connectivity index (χ2n) is 6.61. The second kappa shape index (κ2) is 5.68. The lowest BCUT2D eigenvalue weighted by molar-refractivity contribution is -0.0379. The van der Waals surface area contributed by atoms with Gasteiger partial charge in [-0.25, -0.2) is 0 Å². The van der Waals surface area contributed by atoms with Crippen molar-refractivity contribution < 1.29 is 9.53 Å². The summed E-state index contributed by atoms with van der Waals surface area (Å²) in [6.45, 7) is 7.43. The number of fused-ring (bicyclic) bond motifs is 1. The highest BCUT2D eigenvalue weighted by Crippen LogP contribution is 2.32. The first kappa shape index (κ1) is 14.4. The van der Waals surface area contributed by atoms with Crippen LogP contribution in [0.4, 0.5) is 0 Å². The fourth-order valence-corrected chi connectivity index (χ4v) is 3.18. The quantitative estimate of drug-likeness (QED) is 0.929. The molecular weight excluding hydrogens is 264 g/mol. The number of carbonyl (C=O) groups excluding carboxylic acids is 1. The first-order valence-corrected chi connectivity index (χ1v) is 7.91. The molecule has 1 atom stereocenters. The first-order valence-electron chi connectivity index (χ1n) is 7.91. The maximum Gasteiger partial charge on any atom is 0.258 e. The second-order valence-corrected chi connectivity index (χ2v) is 6.61. The Bertz CT molecular complexity index is 529. The van der Waals surface area contributed by atoms with E-state index < -0.39 is 5.72 Å². The van der Waals surface area contributed by atoms with E-state index in [1.807, 2.05) is 24.3 Å². The number of nitrogens with zero attached hydrogens (tertiary/aromatic N) is 1. The first-order chi connectivity index (χ1) is 10.1. The molecule has 2 aliphatic rings. The van der Waals surface area contributed by atoms with Crippen LogP contribution in [0.2, 0.25) is 0 Å². The van der Waals surface area contributed by atoms with Crippen molar-refractivity contribution in [3.63, 3.8) is 0 Å². The summed E-state index contributed by atoms with van der Waals surface area (Å²) in [5.74, 6) is 1.40. The molecule has 0 aromatic heterocycles. The molecule has 2 aliphatic heterocycles. The van der Waals surface area contributed by atoms with Crippen LogP contribution in [-0.2, 0) is 0 Å². The molecule has 1 amide bonds. The van der Waals surface area contributed by atoms with E-state index in [0.717, 1.165) is 32.5 Å². The van der Waals surface area contributed by atoms with E-state index >= 15 is 0 Å². The number of rotatable bonds is 3. The average Bonchev–Trinajstić information content (AvgIpc) is 2.45. The molecule has 4 heteroatoms. The van der Waals surface area contributed by atoms with Crippen LogP contribution in [0, 0.1) is 5.92 Å². The number of benzene rings is 1. The molecule has 0 bridgehead atoms. The molecule has 114 valence electrons. The van der Waals surface area contributed by atoms with Gasteiger partial charge < -0.3 is 10.1 Å². The minimum absolute atomic E-state index is 0.0115. The normalized spacial score (nSPS) is 25.6. The number of hydrogen-bond acceptors (Lipinski definition) is 3. The Hall–Kier alpha value is -1.55. The summed E-state index contributed by atoms with van der Waals surface area (Å²) in [6.07, 6.45) is 3.12. The highest BCUT2D eigenvalue weighted by atomic mass is 16.5. The summed E-state index contributed by atoms with van der Waals surface area (Å²) in [6, 6.07) is 7.50. The van der Waals surface area contributed by atoms with Crippen LogP contribution in [0.25, 0.3) is 0 Å². The van der Waals surface area contributed by atoms with Crippen molar-refractivity contribution in [1.29, 1.82) is 0 Å². The van der Waals surface area contributed by atoms with E-state index in [2.05, 4.69) is 24.1 Å². The zero-order valence-electron chi connectivity index (χ0n) is 12.9. The van der Waals surface area contributed by atoms with Gasteiger partial charge in [0.1, 0.15) is 5.75 Å². The van der Waals surface area contributed by atoms with E-state index in [1.54, 1.807) is 0 Å². The maximum atomic E-state index is 12.3. The van der Waals surface area contributed by atoms with Gasteiger partial charge in [0, 0.05) is 6.42 Å². The third-order valence-corrected chi connectivity index (χ3v) is 4.34. The molecule has 1 N–H and O–H groups in total. The van der Waals surface area contributed by atoms with Crippen molar-refractivity contribution in [2.75, 3.05) is 19.6 Å². The number of para-hydroxylation sites is 1. The zero-order chi connectivity index (χ0) is 14.9. The Labute approximate surface area is 126 Å². The van der Waals surface area contributed by atoms with Crippen LogP contribution in [0.15, 0.2) is 24.3 Å². The van der Waals surface area contributed by atoms with Crippen molar-refractivity contribution in [2.24, 2.45) is 5.92 Å². The van der Waals surface area contributed by atoms with E-state index in [-0.39, 0.29) is 5.91 Å². The summed E-state index contributed by atoms with van der Waals surface area (Å²) in [5.41, 5.74) is 0.100. The number of nitrogens with one attached hydrogen (secondary N) is 1. The largest absolute Gasteiger partial charge is 0.466 e. The minimum atomic E-state index is -0.541. The third kappa shape index (κ3) is 3.05. The van der Waals surface area contributed by atoms with E-state index in [9.17, 15) is 4.79 Å². The molecule has 1 spiro atoms. The monoisotopic (exact) mass is 288 g/mol. The van der Waals surface area contributed by atoms with Gasteiger partial charge in [-0.05, 0) is 44.0 Å². The van der Waals surface area contributed by atoms with Gasteiger partial charge in [-0.15, -0.1) is 0 Å². The lowest BCUT2D eigenvalue weighted by Crippen LogP contribution is -2.64. The van der Waals surface area contributed by atoms with Crippen molar-refractivity contribution in [3.05, 3.63) is 29.8 Å². The van der Waals surface area contributed by atoms with Gasteiger partial charge in [0.15, 0.2) is 5.72 Å². The molecule has 1 fully saturated rings. The molecule has 1 aromatic rings. The molecule has 4 nitrogen and oxygen atoms in total. The molecule has 1 unspecified atom stereocenters. The summed E-state index contributed by atoms with van der Waals surface area (Å²) in [7, 11) is 0. The summed E-state index contributed by atoms with van der Waals surface area (Å²) < 4.78 is 6.19. The topological polar surface area (TPSA) is 41.6 Å². The highest BCUT2D eigenvalue weighted by Gasteiger charge is 2.42. The minimum Gasteiger partial charge on any atom is -0.466 e. The average molecular weight is 288 g/mol. The van der Waals surface area contributed by atoms with Gasteiger partial charge in [0.05, 0.1) is 12.1 Å². The number of amides is 1. The summed E-state index contributed by atoms with van der Waals surface area (Å²) in [4.78, 5) is 14.7. The predicted octanol–water partition coefficient (Wildman–Crippen LogP) is 2.65. The van der Waals surface area contributed by atoms with Crippen molar-refractivity contribution in [3.8, 4) is 5.75 Å². The maximum absolute atomic E-state index is 12.3. The van der Waals surface area contributed by atoms with Gasteiger partial charge in [-0.2, -0.15) is 0 Å². The molecule has 2 heterocycles. The number of piperidine rings is 1. The molecule has 0 radical (unpaired) electrons. The van der Waals surface area contributed by atoms with Crippen molar-refractivity contribution >= 4 is 5.91 Å². The van der Waals surface area contributed by atoms with Crippen molar-refractivity contribution in [1.82, 2.24) is 10.2 Å². The fourth-order valence-electron chi connectivity index (χ4n) is 3.18. The van der Waals surface area contributed by atoms with Crippen LogP contribution < -0.4 is 10.1 Å². The van der Waals surface area contributed by atoms with Crippen LogP contribution in [0.1, 0.15) is 43.5 Å². The Kier molecular flexibility index (Phi) is 3.89. The fraction of sp³-hybridized carbons (Fsp3) is 0.588. The van der Waals surface area contributed by atoms with Gasteiger partial charge >= 0.3 is 0 Å².